The van der Waals surface area contributed by atoms with Gasteiger partial charge in [0.1, 0.15) is 11.3 Å². The van der Waals surface area contributed by atoms with Crippen molar-refractivity contribution in [1.82, 2.24) is 4.90 Å². The van der Waals surface area contributed by atoms with Crippen molar-refractivity contribution in [2.45, 2.75) is 61.0 Å². The maximum Gasteiger partial charge on any atom is 0.410 e. The van der Waals surface area contributed by atoms with E-state index in [0.717, 1.165) is 5.92 Å². The topological polar surface area (TPSA) is 117 Å². The predicted octanol–water partition coefficient (Wildman–Crippen LogP) is 3.24. The number of carbonyl (C=O) groups is 2. The van der Waals surface area contributed by atoms with Gasteiger partial charge in [0.2, 0.25) is 0 Å². The van der Waals surface area contributed by atoms with Crippen LogP contribution < -0.4 is 5.73 Å². The summed E-state index contributed by atoms with van der Waals surface area (Å²) in [5, 5.41) is 16.4. The lowest BCUT2D eigenvalue weighted by Gasteiger charge is -2.27. The van der Waals surface area contributed by atoms with Crippen molar-refractivity contribution < 1.29 is 19.4 Å². The van der Waals surface area contributed by atoms with Gasteiger partial charge in [-0.05, 0) is 40.5 Å². The Morgan fingerprint density at radius 1 is 1.25 bits per heavy atom. The molecule has 24 heavy (non-hydrogen) atoms. The molecule has 4 N–H and O–H groups in total. The Labute approximate surface area is 145 Å². The summed E-state index contributed by atoms with van der Waals surface area (Å²) in [6.07, 6.45) is -0.572. The van der Waals surface area contributed by atoms with Crippen molar-refractivity contribution in [2.75, 3.05) is 13.1 Å². The van der Waals surface area contributed by atoms with Crippen LogP contribution in [0.3, 0.4) is 0 Å². The highest BCUT2D eigenvalue weighted by atomic mass is 16.6. The zero-order chi connectivity index (χ0) is 19.7. The summed E-state index contributed by atoms with van der Waals surface area (Å²) >= 11 is 0. The van der Waals surface area contributed by atoms with Crippen LogP contribution >= 0.6 is 0 Å². The van der Waals surface area contributed by atoms with E-state index in [9.17, 15) is 9.59 Å². The van der Waals surface area contributed by atoms with E-state index in [1.54, 1.807) is 27.7 Å². The number of nitrogens with one attached hydrogen (secondary N) is 1. The summed E-state index contributed by atoms with van der Waals surface area (Å²) < 4.78 is 5.22. The van der Waals surface area contributed by atoms with Crippen LogP contribution in [0.1, 0.15) is 55.4 Å². The number of hydrogen-bond donors (Lipinski definition) is 3. The predicted molar refractivity (Wildman–Crippen MR) is 96.2 cm³/mol. The van der Waals surface area contributed by atoms with Crippen molar-refractivity contribution >= 4 is 17.8 Å². The second-order valence-corrected chi connectivity index (χ2v) is 7.07. The van der Waals surface area contributed by atoms with Crippen molar-refractivity contribution in [3.05, 3.63) is 11.3 Å². The van der Waals surface area contributed by atoms with Gasteiger partial charge in [0.05, 0.1) is 6.54 Å². The monoisotopic (exact) mass is 343 g/mol. The highest BCUT2D eigenvalue weighted by Gasteiger charge is 2.24. The Morgan fingerprint density at radius 2 is 1.67 bits per heavy atom. The molecule has 0 aliphatic heterocycles. The van der Waals surface area contributed by atoms with Gasteiger partial charge in [-0.15, -0.1) is 0 Å². The highest BCUT2D eigenvalue weighted by molar-refractivity contribution is 6.41. The number of allylic oxidation sites excluding steroid dienone is 1. The number of amides is 1. The third kappa shape index (κ3) is 11.5. The standard InChI is InChI=1S/C13H23N3O4.C4H10/c1-6-16(12(19)20-13(3,4)5)7-9(8(2)14)10(15)11(17)18;1-4(2)3/h15H,6-7,14H2,1-5H3,(H,17,18);4H,1-3H3/b9-8-,15-10?;. The molecule has 0 aromatic carbocycles. The minimum atomic E-state index is -1.38. The lowest BCUT2D eigenvalue weighted by Crippen LogP contribution is -2.39. The maximum absolute atomic E-state index is 12.0. The highest BCUT2D eigenvalue weighted by Crippen LogP contribution is 2.12. The van der Waals surface area contributed by atoms with Crippen LogP contribution in [-0.4, -0.2) is 46.5 Å². The van der Waals surface area contributed by atoms with Crippen LogP contribution in [0, 0.1) is 11.3 Å². The molecule has 7 heteroatoms. The molecule has 0 aliphatic carbocycles. The lowest BCUT2D eigenvalue weighted by atomic mass is 10.1. The van der Waals surface area contributed by atoms with Crippen LogP contribution in [-0.2, 0) is 9.53 Å². The van der Waals surface area contributed by atoms with E-state index in [2.05, 4.69) is 20.8 Å². The number of nitrogens with zero attached hydrogens (tertiary/aromatic N) is 1. The van der Waals surface area contributed by atoms with Gasteiger partial charge in [0, 0.05) is 17.8 Å². The van der Waals surface area contributed by atoms with Gasteiger partial charge in [-0.2, -0.15) is 0 Å². The van der Waals surface area contributed by atoms with E-state index in [1.165, 1.54) is 11.8 Å². The van der Waals surface area contributed by atoms with Crippen LogP contribution in [0.25, 0.3) is 0 Å². The fourth-order valence-corrected chi connectivity index (χ4v) is 1.35. The molecule has 0 saturated carbocycles. The maximum atomic E-state index is 12.0. The average Bonchev–Trinajstić information content (AvgIpc) is 2.35. The molecule has 0 aromatic heterocycles. The molecular weight excluding hydrogens is 310 g/mol. The van der Waals surface area contributed by atoms with Crippen LogP contribution in [0.5, 0.6) is 0 Å². The molecule has 1 amide bonds. The summed E-state index contributed by atoms with van der Waals surface area (Å²) in [4.78, 5) is 24.1. The van der Waals surface area contributed by atoms with E-state index in [4.69, 9.17) is 21.0 Å². The summed E-state index contributed by atoms with van der Waals surface area (Å²) in [7, 11) is 0. The summed E-state index contributed by atoms with van der Waals surface area (Å²) in [5.74, 6) is -0.551. The third-order valence-electron chi connectivity index (χ3n) is 2.37. The van der Waals surface area contributed by atoms with Crippen molar-refractivity contribution in [3.8, 4) is 0 Å². The number of carboxylic acid groups (broad SMARTS) is 1. The third-order valence-corrected chi connectivity index (χ3v) is 2.37. The number of aliphatic carboxylic acids is 1. The van der Waals surface area contributed by atoms with Crippen molar-refractivity contribution in [3.63, 3.8) is 0 Å². The molecule has 0 heterocycles. The zero-order valence-electron chi connectivity index (χ0n) is 16.2. The Bertz CT molecular complexity index is 470. The van der Waals surface area contributed by atoms with E-state index in [-0.39, 0.29) is 17.8 Å². The van der Waals surface area contributed by atoms with Gasteiger partial charge in [0.25, 0.3) is 0 Å². The zero-order valence-corrected chi connectivity index (χ0v) is 16.2. The number of rotatable bonds is 5. The molecular formula is C17H33N3O4. The molecule has 7 nitrogen and oxygen atoms in total. The minimum absolute atomic E-state index is 0.0706. The number of likely N-dealkylation sites (N-methyl/N-ethyl adjacent to an activating group) is 1. The van der Waals surface area contributed by atoms with E-state index >= 15 is 0 Å². The second kappa shape index (κ2) is 10.7. The SMILES string of the molecule is CC(C)C.CCN(C/C(C(=N)C(=O)O)=C(\C)N)C(=O)OC(C)(C)C. The molecule has 0 bridgehead atoms. The Hall–Kier alpha value is -2.05. The van der Waals surface area contributed by atoms with Gasteiger partial charge in [-0.25, -0.2) is 9.59 Å². The molecule has 0 aromatic rings. The number of carbonyl (C=O) groups excluding carboxylic acids is 1. The fourth-order valence-electron chi connectivity index (χ4n) is 1.35. The summed E-state index contributed by atoms with van der Waals surface area (Å²) in [5.41, 5.74) is 4.63. The number of ether oxygens (including phenoxy) is 1. The fraction of sp³-hybridized carbons (Fsp3) is 0.706. The number of hydrogen-bond acceptors (Lipinski definition) is 5. The first kappa shape index (κ1) is 24.2. The molecule has 140 valence electrons. The number of carboxylic acids is 1. The molecule has 0 aliphatic rings. The first-order chi connectivity index (χ1) is 10.7. The van der Waals surface area contributed by atoms with Crippen molar-refractivity contribution in [1.29, 1.82) is 5.41 Å². The summed E-state index contributed by atoms with van der Waals surface area (Å²) in [6, 6.07) is 0. The van der Waals surface area contributed by atoms with E-state index in [0.29, 0.717) is 6.54 Å². The smallest absolute Gasteiger partial charge is 0.410 e. The quantitative estimate of drug-likeness (QED) is 0.662. The van der Waals surface area contributed by atoms with Crippen LogP contribution in [0.15, 0.2) is 11.3 Å². The molecule has 0 radical (unpaired) electrons. The molecule has 0 spiro atoms. The van der Waals surface area contributed by atoms with Crippen LogP contribution in [0.2, 0.25) is 0 Å². The largest absolute Gasteiger partial charge is 0.477 e. The van der Waals surface area contributed by atoms with Gasteiger partial charge >= 0.3 is 12.1 Å². The Morgan fingerprint density at radius 3 is 1.92 bits per heavy atom. The minimum Gasteiger partial charge on any atom is -0.477 e. The normalized spacial score (nSPS) is 11.9. The lowest BCUT2D eigenvalue weighted by molar-refractivity contribution is -0.129. The number of nitrogens with two attached hydrogens (primary N) is 1. The summed E-state index contributed by atoms with van der Waals surface area (Å²) in [6.45, 7) is 15.2. The molecule has 0 fully saturated rings. The van der Waals surface area contributed by atoms with Gasteiger partial charge in [-0.3, -0.25) is 5.41 Å². The second-order valence-electron chi connectivity index (χ2n) is 7.07. The Kier molecular flexibility index (Phi) is 10.8. The van der Waals surface area contributed by atoms with Gasteiger partial charge in [-0.1, -0.05) is 20.8 Å². The van der Waals surface area contributed by atoms with Crippen molar-refractivity contribution in [2.24, 2.45) is 11.7 Å². The molecule has 0 unspecified atom stereocenters. The Balaban J connectivity index is 0. The van der Waals surface area contributed by atoms with Gasteiger partial charge < -0.3 is 20.5 Å². The molecule has 0 saturated heterocycles. The van der Waals surface area contributed by atoms with E-state index < -0.39 is 23.4 Å². The average molecular weight is 343 g/mol. The molecule has 0 rings (SSSR count). The first-order valence-electron chi connectivity index (χ1n) is 7.98. The van der Waals surface area contributed by atoms with E-state index in [1.807, 2.05) is 0 Å². The van der Waals surface area contributed by atoms with Crippen LogP contribution in [0.4, 0.5) is 4.79 Å². The first-order valence-corrected chi connectivity index (χ1v) is 7.98. The molecule has 0 atom stereocenters. The van der Waals surface area contributed by atoms with Gasteiger partial charge in [0.15, 0.2) is 0 Å².